The standard InChI is InChI=1S/C15H20N2O2/c1-2-5-14(18)16-10-15(19)17-9-8-12-6-3-4-7-13(12)11-17/h3-4,6-7H,2,5,8-11H2,1H3,(H,16,18). The molecule has 102 valence electrons. The van der Waals surface area contributed by atoms with Gasteiger partial charge >= 0.3 is 0 Å². The highest BCUT2D eigenvalue weighted by Crippen LogP contribution is 2.18. The number of hydrogen-bond acceptors (Lipinski definition) is 2. The lowest BCUT2D eigenvalue weighted by molar-refractivity contribution is -0.133. The van der Waals surface area contributed by atoms with Gasteiger partial charge in [-0.15, -0.1) is 0 Å². The summed E-state index contributed by atoms with van der Waals surface area (Å²) < 4.78 is 0. The molecule has 0 saturated heterocycles. The smallest absolute Gasteiger partial charge is 0.242 e. The zero-order valence-corrected chi connectivity index (χ0v) is 11.3. The van der Waals surface area contributed by atoms with Crippen LogP contribution in [-0.2, 0) is 22.6 Å². The predicted molar refractivity (Wildman–Crippen MR) is 73.5 cm³/mol. The first-order chi connectivity index (χ1) is 9.20. The maximum Gasteiger partial charge on any atom is 0.242 e. The van der Waals surface area contributed by atoms with Crippen LogP contribution in [0.4, 0.5) is 0 Å². The van der Waals surface area contributed by atoms with Crippen LogP contribution < -0.4 is 5.32 Å². The second-order valence-electron chi connectivity index (χ2n) is 4.86. The number of nitrogens with one attached hydrogen (secondary N) is 1. The van der Waals surface area contributed by atoms with Crippen LogP contribution in [0, 0.1) is 0 Å². The van der Waals surface area contributed by atoms with Crippen molar-refractivity contribution in [1.29, 1.82) is 0 Å². The molecule has 0 radical (unpaired) electrons. The van der Waals surface area contributed by atoms with Gasteiger partial charge in [-0.1, -0.05) is 31.2 Å². The van der Waals surface area contributed by atoms with Crippen molar-refractivity contribution in [3.05, 3.63) is 35.4 Å². The van der Waals surface area contributed by atoms with E-state index in [0.29, 0.717) is 13.0 Å². The van der Waals surface area contributed by atoms with E-state index in [1.807, 2.05) is 24.0 Å². The van der Waals surface area contributed by atoms with Crippen LogP contribution in [0.5, 0.6) is 0 Å². The quantitative estimate of drug-likeness (QED) is 0.891. The molecule has 0 saturated carbocycles. The molecule has 4 nitrogen and oxygen atoms in total. The van der Waals surface area contributed by atoms with Gasteiger partial charge in [-0.2, -0.15) is 0 Å². The van der Waals surface area contributed by atoms with Gasteiger partial charge in [-0.05, 0) is 24.0 Å². The van der Waals surface area contributed by atoms with Crippen LogP contribution in [0.15, 0.2) is 24.3 Å². The molecule has 1 aliphatic heterocycles. The summed E-state index contributed by atoms with van der Waals surface area (Å²) in [6.07, 6.45) is 2.18. The molecule has 1 aromatic rings. The zero-order chi connectivity index (χ0) is 13.7. The minimum atomic E-state index is -0.0479. The highest BCUT2D eigenvalue weighted by Gasteiger charge is 2.20. The Bertz CT molecular complexity index is 471. The van der Waals surface area contributed by atoms with Gasteiger partial charge < -0.3 is 10.2 Å². The molecule has 0 aliphatic carbocycles. The van der Waals surface area contributed by atoms with Crippen LogP contribution in [0.3, 0.4) is 0 Å². The van der Waals surface area contributed by atoms with Crippen LogP contribution >= 0.6 is 0 Å². The van der Waals surface area contributed by atoms with E-state index in [2.05, 4.69) is 17.4 Å². The lowest BCUT2D eigenvalue weighted by Gasteiger charge is -2.29. The Kier molecular flexibility index (Phi) is 4.55. The van der Waals surface area contributed by atoms with E-state index in [0.717, 1.165) is 19.4 Å². The number of hydrogen-bond donors (Lipinski definition) is 1. The van der Waals surface area contributed by atoms with Gasteiger partial charge in [0.2, 0.25) is 11.8 Å². The number of fused-ring (bicyclic) bond motifs is 1. The molecule has 1 aromatic carbocycles. The van der Waals surface area contributed by atoms with Gasteiger partial charge in [0.25, 0.3) is 0 Å². The Balaban J connectivity index is 1.87. The first kappa shape index (κ1) is 13.6. The fourth-order valence-electron chi connectivity index (χ4n) is 2.31. The molecular formula is C15H20N2O2. The molecule has 19 heavy (non-hydrogen) atoms. The Labute approximate surface area is 113 Å². The fourth-order valence-corrected chi connectivity index (χ4v) is 2.31. The van der Waals surface area contributed by atoms with Crippen LogP contribution in [0.2, 0.25) is 0 Å². The molecule has 0 fully saturated rings. The van der Waals surface area contributed by atoms with Crippen molar-refractivity contribution in [3.63, 3.8) is 0 Å². The van der Waals surface area contributed by atoms with Crippen LogP contribution in [-0.4, -0.2) is 29.8 Å². The second kappa shape index (κ2) is 6.36. The molecule has 4 heteroatoms. The highest BCUT2D eigenvalue weighted by molar-refractivity contribution is 5.84. The average molecular weight is 260 g/mol. The van der Waals surface area contributed by atoms with Crippen molar-refractivity contribution in [3.8, 4) is 0 Å². The van der Waals surface area contributed by atoms with E-state index < -0.39 is 0 Å². The van der Waals surface area contributed by atoms with Crippen molar-refractivity contribution in [2.45, 2.75) is 32.7 Å². The van der Waals surface area contributed by atoms with Crippen molar-refractivity contribution in [2.24, 2.45) is 0 Å². The molecule has 1 aliphatic rings. The van der Waals surface area contributed by atoms with Gasteiger partial charge in [0.05, 0.1) is 6.54 Å². The number of carbonyl (C=O) groups is 2. The minimum absolute atomic E-state index is 0.000967. The Morgan fingerprint density at radius 3 is 2.74 bits per heavy atom. The summed E-state index contributed by atoms with van der Waals surface area (Å²) in [6, 6.07) is 8.20. The lowest BCUT2D eigenvalue weighted by atomic mass is 10.00. The topological polar surface area (TPSA) is 49.4 Å². The normalized spacial score (nSPS) is 13.8. The van der Waals surface area contributed by atoms with E-state index in [1.54, 1.807) is 0 Å². The Morgan fingerprint density at radius 2 is 2.00 bits per heavy atom. The summed E-state index contributed by atoms with van der Waals surface area (Å²) in [5.74, 6) is -0.0489. The third-order valence-corrected chi connectivity index (χ3v) is 3.40. The van der Waals surface area contributed by atoms with Crippen molar-refractivity contribution >= 4 is 11.8 Å². The maximum atomic E-state index is 12.0. The van der Waals surface area contributed by atoms with Crippen molar-refractivity contribution in [2.75, 3.05) is 13.1 Å². The molecule has 2 rings (SSSR count). The first-order valence-electron chi connectivity index (χ1n) is 6.82. The minimum Gasteiger partial charge on any atom is -0.347 e. The highest BCUT2D eigenvalue weighted by atomic mass is 16.2. The van der Waals surface area contributed by atoms with E-state index in [-0.39, 0.29) is 18.4 Å². The first-order valence-corrected chi connectivity index (χ1v) is 6.82. The fraction of sp³-hybridized carbons (Fsp3) is 0.467. The molecular weight excluding hydrogens is 240 g/mol. The van der Waals surface area contributed by atoms with Crippen molar-refractivity contribution < 1.29 is 9.59 Å². The predicted octanol–water partition coefficient (Wildman–Crippen LogP) is 1.49. The number of nitrogens with zero attached hydrogens (tertiary/aromatic N) is 1. The summed E-state index contributed by atoms with van der Waals surface area (Å²) in [4.78, 5) is 25.2. The van der Waals surface area contributed by atoms with E-state index >= 15 is 0 Å². The number of rotatable bonds is 4. The van der Waals surface area contributed by atoms with Gasteiger partial charge in [0.15, 0.2) is 0 Å². The second-order valence-corrected chi connectivity index (χ2v) is 4.86. The molecule has 0 aromatic heterocycles. The number of amides is 2. The van der Waals surface area contributed by atoms with E-state index in [4.69, 9.17) is 0 Å². The van der Waals surface area contributed by atoms with Crippen molar-refractivity contribution in [1.82, 2.24) is 10.2 Å². The Morgan fingerprint density at radius 1 is 1.26 bits per heavy atom. The maximum absolute atomic E-state index is 12.0. The SMILES string of the molecule is CCCC(=O)NCC(=O)N1CCc2ccccc2C1. The molecule has 1 N–H and O–H groups in total. The summed E-state index contributed by atoms with van der Waals surface area (Å²) >= 11 is 0. The largest absolute Gasteiger partial charge is 0.347 e. The zero-order valence-electron chi connectivity index (χ0n) is 11.3. The van der Waals surface area contributed by atoms with E-state index in [1.165, 1.54) is 11.1 Å². The molecule has 0 bridgehead atoms. The summed E-state index contributed by atoms with van der Waals surface area (Å²) in [6.45, 7) is 3.45. The number of carbonyl (C=O) groups excluding carboxylic acids is 2. The third kappa shape index (κ3) is 3.56. The number of benzene rings is 1. The summed E-state index contributed by atoms with van der Waals surface area (Å²) in [7, 11) is 0. The van der Waals surface area contributed by atoms with Gasteiger partial charge in [0.1, 0.15) is 0 Å². The van der Waals surface area contributed by atoms with Crippen LogP contribution in [0.1, 0.15) is 30.9 Å². The van der Waals surface area contributed by atoms with Gasteiger partial charge in [-0.25, -0.2) is 0 Å². The monoisotopic (exact) mass is 260 g/mol. The van der Waals surface area contributed by atoms with Gasteiger partial charge in [0, 0.05) is 19.5 Å². The lowest BCUT2D eigenvalue weighted by Crippen LogP contribution is -2.42. The van der Waals surface area contributed by atoms with Crippen LogP contribution in [0.25, 0.3) is 0 Å². The molecule has 2 amide bonds. The summed E-state index contributed by atoms with van der Waals surface area (Å²) in [5, 5.41) is 2.67. The molecule has 0 spiro atoms. The molecule has 0 atom stereocenters. The molecule has 0 unspecified atom stereocenters. The average Bonchev–Trinajstić information content (AvgIpc) is 2.44. The third-order valence-electron chi connectivity index (χ3n) is 3.40. The van der Waals surface area contributed by atoms with E-state index in [9.17, 15) is 9.59 Å². The summed E-state index contributed by atoms with van der Waals surface area (Å²) in [5.41, 5.74) is 2.53. The molecule has 1 heterocycles. The van der Waals surface area contributed by atoms with Gasteiger partial charge in [-0.3, -0.25) is 9.59 Å². The Hall–Kier alpha value is -1.84.